The maximum Gasteiger partial charge on any atom is 0.269 e. The van der Waals surface area contributed by atoms with E-state index >= 15 is 0 Å². The molecule has 1 fully saturated rings. The number of hydrogen-bond acceptors (Lipinski definition) is 4. The molecule has 3 rings (SSSR count). The van der Waals surface area contributed by atoms with Gasteiger partial charge in [0.2, 0.25) is 0 Å². The molecule has 2 aromatic rings. The van der Waals surface area contributed by atoms with E-state index in [0.717, 1.165) is 12.8 Å². The second-order valence-electron chi connectivity index (χ2n) is 7.87. The maximum atomic E-state index is 13.4. The number of aryl methyl sites for hydroxylation is 1. The zero-order valence-corrected chi connectivity index (χ0v) is 20.1. The molecule has 0 unspecified atom stereocenters. The molecule has 1 saturated carbocycles. The molecular weight excluding hydrogens is 444 g/mol. The van der Waals surface area contributed by atoms with Crippen molar-refractivity contribution in [1.82, 2.24) is 16.2 Å². The summed E-state index contributed by atoms with van der Waals surface area (Å²) in [5.41, 5.74) is 6.65. The predicted octanol–water partition coefficient (Wildman–Crippen LogP) is 3.65. The van der Waals surface area contributed by atoms with Crippen LogP contribution >= 0.6 is 12.2 Å². The molecule has 9 heteroatoms. The molecule has 0 radical (unpaired) electrons. The van der Waals surface area contributed by atoms with E-state index in [1.54, 1.807) is 50.2 Å². The van der Waals surface area contributed by atoms with Gasteiger partial charge >= 0.3 is 0 Å². The van der Waals surface area contributed by atoms with E-state index < -0.39 is 15.9 Å². The number of para-hydroxylation sites is 1. The molecule has 172 valence electrons. The predicted molar refractivity (Wildman–Crippen MR) is 131 cm³/mol. The molecule has 3 N–H and O–H groups in total. The highest BCUT2D eigenvalue weighted by Gasteiger charge is 2.26. The topological polar surface area (TPSA) is 90.5 Å². The first kappa shape index (κ1) is 24.0. The summed E-state index contributed by atoms with van der Waals surface area (Å²) in [4.78, 5) is 12.8. The summed E-state index contributed by atoms with van der Waals surface area (Å²) < 4.78 is 28.1. The third-order valence-corrected chi connectivity index (χ3v) is 7.84. The molecular formula is C23H30N4O3S2. The van der Waals surface area contributed by atoms with Crippen molar-refractivity contribution in [2.75, 3.05) is 10.8 Å². The summed E-state index contributed by atoms with van der Waals surface area (Å²) >= 11 is 5.27. The maximum absolute atomic E-state index is 13.4. The highest BCUT2D eigenvalue weighted by atomic mass is 32.2. The molecule has 0 heterocycles. The van der Waals surface area contributed by atoms with Gasteiger partial charge in [0, 0.05) is 18.2 Å². The number of sulfonamides is 1. The summed E-state index contributed by atoms with van der Waals surface area (Å²) in [6.07, 6.45) is 5.71. The first-order valence-electron chi connectivity index (χ1n) is 10.9. The van der Waals surface area contributed by atoms with E-state index in [2.05, 4.69) is 16.2 Å². The Hall–Kier alpha value is -2.65. The van der Waals surface area contributed by atoms with Crippen molar-refractivity contribution < 1.29 is 13.2 Å². The van der Waals surface area contributed by atoms with Crippen molar-refractivity contribution in [3.05, 3.63) is 59.7 Å². The van der Waals surface area contributed by atoms with Gasteiger partial charge in [0.15, 0.2) is 5.11 Å². The van der Waals surface area contributed by atoms with Crippen LogP contribution in [0.5, 0.6) is 0 Å². The number of hydrazine groups is 1. The van der Waals surface area contributed by atoms with Crippen molar-refractivity contribution >= 4 is 38.9 Å². The SMILES string of the molecule is CCN(c1ccccc1)S(=O)(=O)c1cc(C(=O)NNC(=S)NC2CCCCC2)ccc1C. The summed E-state index contributed by atoms with van der Waals surface area (Å²) in [7, 11) is -3.85. The van der Waals surface area contributed by atoms with Crippen molar-refractivity contribution in [3.63, 3.8) is 0 Å². The molecule has 1 aliphatic rings. The summed E-state index contributed by atoms with van der Waals surface area (Å²) in [5.74, 6) is -0.461. The highest BCUT2D eigenvalue weighted by Crippen LogP contribution is 2.26. The zero-order valence-electron chi connectivity index (χ0n) is 18.4. The van der Waals surface area contributed by atoms with E-state index in [4.69, 9.17) is 12.2 Å². The lowest BCUT2D eigenvalue weighted by atomic mass is 9.96. The Bertz CT molecular complexity index is 1050. The van der Waals surface area contributed by atoms with Crippen molar-refractivity contribution in [1.29, 1.82) is 0 Å². The Labute approximate surface area is 195 Å². The number of carbonyl (C=O) groups excluding carboxylic acids is 1. The fraction of sp³-hybridized carbons (Fsp3) is 0.391. The normalized spacial score (nSPS) is 14.4. The number of nitrogens with one attached hydrogen (secondary N) is 3. The number of hydrogen-bond donors (Lipinski definition) is 3. The minimum Gasteiger partial charge on any atom is -0.359 e. The molecule has 0 aromatic heterocycles. The number of amides is 1. The number of anilines is 1. The van der Waals surface area contributed by atoms with Crippen LogP contribution in [0, 0.1) is 6.92 Å². The minimum atomic E-state index is -3.85. The van der Waals surface area contributed by atoms with Crippen LogP contribution in [0.4, 0.5) is 5.69 Å². The number of thiocarbonyl (C=S) groups is 1. The third-order valence-electron chi connectivity index (χ3n) is 5.58. The molecule has 1 amide bonds. The van der Waals surface area contributed by atoms with Crippen LogP contribution in [-0.4, -0.2) is 32.0 Å². The Morgan fingerprint density at radius 1 is 1.06 bits per heavy atom. The van der Waals surface area contributed by atoms with E-state index in [9.17, 15) is 13.2 Å². The Kier molecular flexibility index (Phi) is 8.09. The van der Waals surface area contributed by atoms with Crippen LogP contribution in [0.3, 0.4) is 0 Å². The monoisotopic (exact) mass is 474 g/mol. The van der Waals surface area contributed by atoms with Crippen LogP contribution in [0.1, 0.15) is 54.9 Å². The Balaban J connectivity index is 1.73. The fourth-order valence-electron chi connectivity index (χ4n) is 3.88. The summed E-state index contributed by atoms with van der Waals surface area (Å²) in [6.45, 7) is 3.76. The van der Waals surface area contributed by atoms with Gasteiger partial charge in [0.05, 0.1) is 10.6 Å². The Morgan fingerprint density at radius 2 is 1.75 bits per heavy atom. The first-order chi connectivity index (χ1) is 15.3. The minimum absolute atomic E-state index is 0.0961. The van der Waals surface area contributed by atoms with Gasteiger partial charge in [0.25, 0.3) is 15.9 Å². The van der Waals surface area contributed by atoms with Crippen molar-refractivity contribution in [3.8, 4) is 0 Å². The standard InChI is InChI=1S/C23H30N4O3S2/c1-3-27(20-12-8-5-9-13-20)32(29,30)21-16-18(15-14-17(21)2)22(28)25-26-23(31)24-19-10-6-4-7-11-19/h5,8-9,12-16,19H,3-4,6-7,10-11H2,1-2H3,(H,25,28)(H2,24,26,31). The summed E-state index contributed by atoms with van der Waals surface area (Å²) in [5, 5.41) is 3.57. The second kappa shape index (κ2) is 10.8. The highest BCUT2D eigenvalue weighted by molar-refractivity contribution is 7.92. The van der Waals surface area contributed by atoms with E-state index in [1.165, 1.54) is 29.6 Å². The molecule has 0 aliphatic heterocycles. The number of benzene rings is 2. The van der Waals surface area contributed by atoms with Gasteiger partial charge in [-0.1, -0.05) is 43.5 Å². The molecule has 0 spiro atoms. The smallest absolute Gasteiger partial charge is 0.269 e. The van der Waals surface area contributed by atoms with Gasteiger partial charge in [-0.25, -0.2) is 8.42 Å². The van der Waals surface area contributed by atoms with E-state index in [-0.39, 0.29) is 17.0 Å². The quantitative estimate of drug-likeness (QED) is 0.437. The third kappa shape index (κ3) is 5.77. The molecule has 0 bridgehead atoms. The number of carbonyl (C=O) groups is 1. The Morgan fingerprint density at radius 3 is 2.41 bits per heavy atom. The van der Waals surface area contributed by atoms with Gasteiger partial charge < -0.3 is 5.32 Å². The van der Waals surface area contributed by atoms with Crippen LogP contribution in [-0.2, 0) is 10.0 Å². The van der Waals surface area contributed by atoms with Crippen molar-refractivity contribution in [2.24, 2.45) is 0 Å². The molecule has 1 aliphatic carbocycles. The van der Waals surface area contributed by atoms with E-state index in [1.807, 2.05) is 6.07 Å². The van der Waals surface area contributed by atoms with Gasteiger partial charge in [0.1, 0.15) is 0 Å². The van der Waals surface area contributed by atoms with Crippen LogP contribution < -0.4 is 20.5 Å². The number of nitrogens with zero attached hydrogens (tertiary/aromatic N) is 1. The van der Waals surface area contributed by atoms with Crippen LogP contribution in [0.2, 0.25) is 0 Å². The molecule has 2 aromatic carbocycles. The van der Waals surface area contributed by atoms with E-state index in [0.29, 0.717) is 22.4 Å². The molecule has 0 saturated heterocycles. The lowest BCUT2D eigenvalue weighted by Gasteiger charge is -2.25. The lowest BCUT2D eigenvalue weighted by Crippen LogP contribution is -2.50. The van der Waals surface area contributed by atoms with Crippen LogP contribution in [0.25, 0.3) is 0 Å². The zero-order chi connectivity index (χ0) is 23.1. The average Bonchev–Trinajstić information content (AvgIpc) is 2.79. The number of rotatable bonds is 6. The van der Waals surface area contributed by atoms with Gasteiger partial charge in [-0.3, -0.25) is 20.0 Å². The largest absolute Gasteiger partial charge is 0.359 e. The van der Waals surface area contributed by atoms with Crippen LogP contribution in [0.15, 0.2) is 53.4 Å². The molecule has 7 nitrogen and oxygen atoms in total. The fourth-order valence-corrected chi connectivity index (χ4v) is 5.82. The van der Waals surface area contributed by atoms with Crippen molar-refractivity contribution in [2.45, 2.75) is 56.9 Å². The van der Waals surface area contributed by atoms with Gasteiger partial charge in [-0.05, 0) is 68.7 Å². The molecule has 0 atom stereocenters. The molecule has 32 heavy (non-hydrogen) atoms. The van der Waals surface area contributed by atoms with Gasteiger partial charge in [-0.15, -0.1) is 0 Å². The second-order valence-corrected chi connectivity index (χ2v) is 10.1. The first-order valence-corrected chi connectivity index (χ1v) is 12.7. The summed E-state index contributed by atoms with van der Waals surface area (Å²) in [6, 6.07) is 13.9. The lowest BCUT2D eigenvalue weighted by molar-refractivity contribution is 0.0943. The average molecular weight is 475 g/mol. The van der Waals surface area contributed by atoms with Gasteiger partial charge in [-0.2, -0.15) is 0 Å².